The Morgan fingerprint density at radius 2 is 2.15 bits per heavy atom. The van der Waals surface area contributed by atoms with Crippen molar-refractivity contribution in [3.63, 3.8) is 0 Å². The molecule has 1 saturated heterocycles. The number of hydrogen-bond donors (Lipinski definition) is 2. The highest BCUT2D eigenvalue weighted by atomic mass is 19.1. The van der Waals surface area contributed by atoms with Gasteiger partial charge in [0.1, 0.15) is 11.6 Å². The third kappa shape index (κ3) is 4.92. The van der Waals surface area contributed by atoms with E-state index < -0.39 is 11.6 Å². The zero-order valence-corrected chi connectivity index (χ0v) is 15.3. The van der Waals surface area contributed by atoms with Gasteiger partial charge in [0.05, 0.1) is 19.3 Å². The highest BCUT2D eigenvalue weighted by Gasteiger charge is 2.42. The van der Waals surface area contributed by atoms with E-state index in [4.69, 9.17) is 9.47 Å². The summed E-state index contributed by atoms with van der Waals surface area (Å²) in [5.74, 6) is -0.485. The summed E-state index contributed by atoms with van der Waals surface area (Å²) in [6.45, 7) is 6.54. The molecule has 26 heavy (non-hydrogen) atoms. The van der Waals surface area contributed by atoms with Gasteiger partial charge in [-0.25, -0.2) is 8.78 Å². The number of ether oxygens (including phenoxy) is 2. The molecule has 0 aromatic heterocycles. The molecule has 1 heterocycles. The van der Waals surface area contributed by atoms with E-state index >= 15 is 0 Å². The maximum absolute atomic E-state index is 13.9. The second kappa shape index (κ2) is 8.77. The first kappa shape index (κ1) is 19.0. The molecule has 0 radical (unpaired) electrons. The predicted molar refractivity (Wildman–Crippen MR) is 96.4 cm³/mol. The van der Waals surface area contributed by atoms with Crippen molar-refractivity contribution < 1.29 is 18.3 Å². The van der Waals surface area contributed by atoms with E-state index in [-0.39, 0.29) is 29.7 Å². The van der Waals surface area contributed by atoms with Crippen LogP contribution in [0.4, 0.5) is 8.78 Å². The Morgan fingerprint density at radius 1 is 1.38 bits per heavy atom. The van der Waals surface area contributed by atoms with E-state index in [2.05, 4.69) is 15.6 Å². The Bertz CT molecular complexity index is 615. The van der Waals surface area contributed by atoms with E-state index in [1.807, 2.05) is 13.8 Å². The molecule has 2 aliphatic rings. The Hall–Kier alpha value is -1.73. The normalized spacial score (nSPS) is 26.6. The summed E-state index contributed by atoms with van der Waals surface area (Å²) in [7, 11) is 0. The van der Waals surface area contributed by atoms with Gasteiger partial charge in [-0.1, -0.05) is 6.07 Å². The zero-order valence-electron chi connectivity index (χ0n) is 15.3. The molecule has 1 aromatic rings. The van der Waals surface area contributed by atoms with Crippen LogP contribution in [-0.2, 0) is 9.47 Å². The van der Waals surface area contributed by atoms with Gasteiger partial charge in [0.15, 0.2) is 5.96 Å². The maximum Gasteiger partial charge on any atom is 0.191 e. The van der Waals surface area contributed by atoms with Crippen LogP contribution in [-0.4, -0.2) is 50.5 Å². The molecule has 144 valence electrons. The largest absolute Gasteiger partial charge is 0.379 e. The molecule has 0 bridgehead atoms. The number of aliphatic imine (C=N–C) groups is 1. The summed E-state index contributed by atoms with van der Waals surface area (Å²) in [6.07, 6.45) is 1.78. The van der Waals surface area contributed by atoms with Gasteiger partial charge in [0.2, 0.25) is 0 Å². The van der Waals surface area contributed by atoms with Gasteiger partial charge in [-0.15, -0.1) is 0 Å². The Balaban J connectivity index is 1.50. The fraction of sp³-hybridized carbons (Fsp3) is 0.632. The van der Waals surface area contributed by atoms with Crippen molar-refractivity contribution in [2.75, 3.05) is 26.4 Å². The van der Waals surface area contributed by atoms with Crippen LogP contribution in [0, 0.1) is 11.6 Å². The number of nitrogens with one attached hydrogen (secondary N) is 2. The lowest BCUT2D eigenvalue weighted by molar-refractivity contribution is 0.0347. The first-order valence-corrected chi connectivity index (χ1v) is 9.29. The minimum atomic E-state index is -0.484. The molecule has 4 unspecified atom stereocenters. The summed E-state index contributed by atoms with van der Waals surface area (Å²) in [5, 5.41) is 6.58. The standard InChI is InChI=1S/C19H27F2N3O2/c1-3-22-19(23-12(2)10-26-13-7-8-25-11-13)24-17-9-14(17)18-15(20)5-4-6-16(18)21/h4-6,12-14,17H,3,7-11H2,1-2H3,(H2,22,23,24). The van der Waals surface area contributed by atoms with Gasteiger partial charge < -0.3 is 20.1 Å². The van der Waals surface area contributed by atoms with Gasteiger partial charge in [-0.05, 0) is 38.8 Å². The van der Waals surface area contributed by atoms with Gasteiger partial charge in [-0.2, -0.15) is 0 Å². The molecule has 7 heteroatoms. The quantitative estimate of drug-likeness (QED) is 0.575. The molecule has 3 rings (SSSR count). The van der Waals surface area contributed by atoms with E-state index in [1.165, 1.54) is 18.2 Å². The minimum absolute atomic E-state index is 0.0180. The molecule has 0 spiro atoms. The van der Waals surface area contributed by atoms with Crippen molar-refractivity contribution in [1.82, 2.24) is 10.6 Å². The molecule has 2 fully saturated rings. The van der Waals surface area contributed by atoms with Crippen LogP contribution in [0.3, 0.4) is 0 Å². The van der Waals surface area contributed by atoms with Crippen molar-refractivity contribution in [3.05, 3.63) is 35.4 Å². The van der Waals surface area contributed by atoms with Crippen LogP contribution in [0.15, 0.2) is 23.2 Å². The van der Waals surface area contributed by atoms with Crippen LogP contribution < -0.4 is 10.6 Å². The van der Waals surface area contributed by atoms with E-state index in [9.17, 15) is 8.78 Å². The highest BCUT2D eigenvalue weighted by molar-refractivity contribution is 5.81. The molecule has 1 aliphatic heterocycles. The van der Waals surface area contributed by atoms with Crippen molar-refractivity contribution in [2.45, 2.75) is 50.8 Å². The molecule has 1 saturated carbocycles. The van der Waals surface area contributed by atoms with Crippen molar-refractivity contribution in [2.24, 2.45) is 4.99 Å². The van der Waals surface area contributed by atoms with Gasteiger partial charge in [-0.3, -0.25) is 4.99 Å². The second-order valence-corrected chi connectivity index (χ2v) is 6.92. The van der Waals surface area contributed by atoms with Gasteiger partial charge in [0.25, 0.3) is 0 Å². The summed E-state index contributed by atoms with van der Waals surface area (Å²) in [6, 6.07) is 4.05. The molecule has 0 amide bonds. The number of halogens is 2. The summed E-state index contributed by atoms with van der Waals surface area (Å²) in [4.78, 5) is 4.42. The lowest BCUT2D eigenvalue weighted by Crippen LogP contribution is -2.45. The van der Waals surface area contributed by atoms with Crippen LogP contribution >= 0.6 is 0 Å². The molecule has 4 atom stereocenters. The first-order chi connectivity index (χ1) is 12.6. The first-order valence-electron chi connectivity index (χ1n) is 9.29. The second-order valence-electron chi connectivity index (χ2n) is 6.92. The average molecular weight is 367 g/mol. The predicted octanol–water partition coefficient (Wildman–Crippen LogP) is 2.57. The smallest absolute Gasteiger partial charge is 0.191 e. The zero-order chi connectivity index (χ0) is 18.5. The molecule has 5 nitrogen and oxygen atoms in total. The monoisotopic (exact) mass is 367 g/mol. The minimum Gasteiger partial charge on any atom is -0.379 e. The number of nitrogens with zero attached hydrogens (tertiary/aromatic N) is 1. The topological polar surface area (TPSA) is 54.9 Å². The number of rotatable bonds is 7. The third-order valence-electron chi connectivity index (χ3n) is 4.65. The van der Waals surface area contributed by atoms with Crippen molar-refractivity contribution >= 4 is 5.96 Å². The van der Waals surface area contributed by atoms with E-state index in [0.717, 1.165) is 13.0 Å². The van der Waals surface area contributed by atoms with Crippen LogP contribution in [0.1, 0.15) is 38.2 Å². The van der Waals surface area contributed by atoms with Gasteiger partial charge in [0, 0.05) is 36.7 Å². The van der Waals surface area contributed by atoms with Crippen LogP contribution in [0.25, 0.3) is 0 Å². The fourth-order valence-electron chi connectivity index (χ4n) is 3.20. The molecule has 2 N–H and O–H groups in total. The summed E-state index contributed by atoms with van der Waals surface area (Å²) >= 11 is 0. The lowest BCUT2D eigenvalue weighted by atomic mass is 10.1. The Labute approximate surface area is 153 Å². The van der Waals surface area contributed by atoms with Crippen LogP contribution in [0.5, 0.6) is 0 Å². The maximum atomic E-state index is 13.9. The number of benzene rings is 1. The Kier molecular flexibility index (Phi) is 6.43. The fourth-order valence-corrected chi connectivity index (χ4v) is 3.20. The SMILES string of the molecule is CCN=C(NC(C)COC1CCOC1)NC1CC1c1c(F)cccc1F. The average Bonchev–Trinajstić information content (AvgIpc) is 3.13. The van der Waals surface area contributed by atoms with Crippen molar-refractivity contribution in [1.29, 1.82) is 0 Å². The number of hydrogen-bond acceptors (Lipinski definition) is 3. The van der Waals surface area contributed by atoms with Crippen LogP contribution in [0.2, 0.25) is 0 Å². The summed E-state index contributed by atoms with van der Waals surface area (Å²) in [5.41, 5.74) is 0.165. The molecule has 1 aliphatic carbocycles. The van der Waals surface area contributed by atoms with Gasteiger partial charge >= 0.3 is 0 Å². The van der Waals surface area contributed by atoms with E-state index in [1.54, 1.807) is 0 Å². The summed E-state index contributed by atoms with van der Waals surface area (Å²) < 4.78 is 39.0. The Morgan fingerprint density at radius 3 is 2.81 bits per heavy atom. The molecular weight excluding hydrogens is 340 g/mol. The van der Waals surface area contributed by atoms with E-state index in [0.29, 0.717) is 32.1 Å². The molecular formula is C19H27F2N3O2. The van der Waals surface area contributed by atoms with Crippen molar-refractivity contribution in [3.8, 4) is 0 Å². The third-order valence-corrected chi connectivity index (χ3v) is 4.65. The number of guanidine groups is 1. The lowest BCUT2D eigenvalue weighted by Gasteiger charge is -2.20. The highest BCUT2D eigenvalue weighted by Crippen LogP contribution is 2.43. The molecule has 1 aromatic carbocycles.